The number of hydrogen-bond acceptors (Lipinski definition) is 4. The van der Waals surface area contributed by atoms with Gasteiger partial charge in [0.05, 0.1) is 10.9 Å². The van der Waals surface area contributed by atoms with Gasteiger partial charge in [-0.05, 0) is 37.0 Å². The van der Waals surface area contributed by atoms with Crippen LogP contribution in [0.25, 0.3) is 0 Å². The van der Waals surface area contributed by atoms with Crippen molar-refractivity contribution in [3.05, 3.63) is 66.2 Å². The maximum absolute atomic E-state index is 12.6. The van der Waals surface area contributed by atoms with Crippen molar-refractivity contribution >= 4 is 29.4 Å². The van der Waals surface area contributed by atoms with Crippen LogP contribution in [0.15, 0.2) is 60.7 Å². The lowest BCUT2D eigenvalue weighted by Gasteiger charge is -2.39. The first-order valence-electron chi connectivity index (χ1n) is 10.5. The maximum atomic E-state index is 12.6. The number of hydrogen-bond donors (Lipinski definition) is 3. The first-order valence-corrected chi connectivity index (χ1v) is 11.5. The van der Waals surface area contributed by atoms with Crippen molar-refractivity contribution in [2.75, 3.05) is 30.7 Å². The van der Waals surface area contributed by atoms with Crippen molar-refractivity contribution < 1.29 is 9.59 Å². The molecular weight excluding hydrogens is 396 g/mol. The molecule has 2 aliphatic heterocycles. The van der Waals surface area contributed by atoms with E-state index >= 15 is 0 Å². The molecule has 2 heterocycles. The number of rotatable bonds is 5. The van der Waals surface area contributed by atoms with E-state index in [0.717, 1.165) is 30.7 Å². The number of anilines is 1. The Kier molecular flexibility index (Phi) is 6.59. The van der Waals surface area contributed by atoms with E-state index in [1.165, 1.54) is 5.56 Å². The van der Waals surface area contributed by atoms with Gasteiger partial charge in [-0.1, -0.05) is 48.5 Å². The van der Waals surface area contributed by atoms with Gasteiger partial charge in [0.25, 0.3) is 0 Å². The Morgan fingerprint density at radius 3 is 2.40 bits per heavy atom. The number of carbonyl (C=O) groups excluding carboxylic acids is 2. The molecule has 2 fully saturated rings. The molecule has 1 unspecified atom stereocenters. The summed E-state index contributed by atoms with van der Waals surface area (Å²) >= 11 is 1.82. The van der Waals surface area contributed by atoms with E-state index in [-0.39, 0.29) is 22.9 Å². The molecule has 158 valence electrons. The van der Waals surface area contributed by atoms with Crippen LogP contribution in [-0.4, -0.2) is 53.1 Å². The van der Waals surface area contributed by atoms with Crippen molar-refractivity contribution in [2.24, 2.45) is 0 Å². The summed E-state index contributed by atoms with van der Waals surface area (Å²) in [6.07, 6.45) is 2.52. The molecular formula is C23H28N4O2S. The number of para-hydroxylation sites is 1. The van der Waals surface area contributed by atoms with Gasteiger partial charge >= 0.3 is 6.03 Å². The molecule has 30 heavy (non-hydrogen) atoms. The molecule has 2 aromatic carbocycles. The molecule has 2 aromatic rings. The van der Waals surface area contributed by atoms with E-state index in [0.29, 0.717) is 19.6 Å². The zero-order valence-corrected chi connectivity index (χ0v) is 17.8. The molecule has 3 amide bonds. The third-order valence-electron chi connectivity index (χ3n) is 5.72. The van der Waals surface area contributed by atoms with E-state index in [4.69, 9.17) is 0 Å². The van der Waals surface area contributed by atoms with Crippen LogP contribution < -0.4 is 16.0 Å². The van der Waals surface area contributed by atoms with E-state index in [1.807, 2.05) is 65.2 Å². The molecule has 6 nitrogen and oxygen atoms in total. The number of thioether (sulfide) groups is 1. The van der Waals surface area contributed by atoms with Crippen molar-refractivity contribution in [3.63, 3.8) is 0 Å². The van der Waals surface area contributed by atoms with Gasteiger partial charge in [0.15, 0.2) is 0 Å². The average molecular weight is 425 g/mol. The van der Waals surface area contributed by atoms with Crippen LogP contribution in [0.1, 0.15) is 18.4 Å². The number of urea groups is 1. The molecule has 0 saturated carbocycles. The van der Waals surface area contributed by atoms with Crippen LogP contribution in [0.3, 0.4) is 0 Å². The quantitative estimate of drug-likeness (QED) is 0.690. The van der Waals surface area contributed by atoms with Gasteiger partial charge in [0, 0.05) is 31.1 Å². The minimum atomic E-state index is -0.171. The number of nitrogens with zero attached hydrogens (tertiary/aromatic N) is 1. The summed E-state index contributed by atoms with van der Waals surface area (Å²) < 4.78 is 0. The predicted molar refractivity (Wildman–Crippen MR) is 122 cm³/mol. The fraction of sp³-hybridized carbons (Fsp3) is 0.391. The monoisotopic (exact) mass is 424 g/mol. The predicted octanol–water partition coefficient (Wildman–Crippen LogP) is 3.07. The Labute approximate surface area is 181 Å². The highest BCUT2D eigenvalue weighted by Gasteiger charge is 2.44. The van der Waals surface area contributed by atoms with Gasteiger partial charge in [-0.2, -0.15) is 0 Å². The van der Waals surface area contributed by atoms with Gasteiger partial charge in [0.2, 0.25) is 5.91 Å². The molecule has 4 rings (SSSR count). The summed E-state index contributed by atoms with van der Waals surface area (Å²) in [4.78, 5) is 26.8. The Morgan fingerprint density at radius 1 is 1.03 bits per heavy atom. The third-order valence-corrected chi connectivity index (χ3v) is 7.30. The molecule has 7 heteroatoms. The van der Waals surface area contributed by atoms with Gasteiger partial charge < -0.3 is 15.5 Å². The SMILES string of the molecule is O=C(NCCc1ccccc1)C1CSC2(CCN(C(=O)Nc3ccccc3)CC2)N1. The lowest BCUT2D eigenvalue weighted by atomic mass is 10.0. The van der Waals surface area contributed by atoms with E-state index in [9.17, 15) is 9.59 Å². The largest absolute Gasteiger partial charge is 0.354 e. The van der Waals surface area contributed by atoms with E-state index in [1.54, 1.807) is 0 Å². The zero-order valence-electron chi connectivity index (χ0n) is 17.0. The van der Waals surface area contributed by atoms with Crippen LogP contribution in [-0.2, 0) is 11.2 Å². The van der Waals surface area contributed by atoms with Crippen molar-refractivity contribution in [1.82, 2.24) is 15.5 Å². The number of nitrogens with one attached hydrogen (secondary N) is 3. The topological polar surface area (TPSA) is 73.5 Å². The van der Waals surface area contributed by atoms with Crippen molar-refractivity contribution in [2.45, 2.75) is 30.2 Å². The number of piperidine rings is 1. The van der Waals surface area contributed by atoms with Gasteiger partial charge in [-0.15, -0.1) is 11.8 Å². The zero-order chi connectivity index (χ0) is 20.8. The fourth-order valence-corrected chi connectivity index (χ4v) is 5.38. The lowest BCUT2D eigenvalue weighted by molar-refractivity contribution is -0.122. The average Bonchev–Trinajstić information content (AvgIpc) is 3.19. The molecule has 0 aliphatic carbocycles. The Bertz CT molecular complexity index is 854. The first kappa shape index (κ1) is 20.8. The van der Waals surface area contributed by atoms with Gasteiger partial charge in [-0.25, -0.2) is 4.79 Å². The Hall–Kier alpha value is -2.51. The number of benzene rings is 2. The van der Waals surface area contributed by atoms with E-state index in [2.05, 4.69) is 28.1 Å². The minimum Gasteiger partial charge on any atom is -0.354 e. The summed E-state index contributed by atoms with van der Waals surface area (Å²) in [5.74, 6) is 0.840. The van der Waals surface area contributed by atoms with Crippen LogP contribution >= 0.6 is 11.8 Å². The molecule has 1 atom stereocenters. The smallest absolute Gasteiger partial charge is 0.321 e. The van der Waals surface area contributed by atoms with E-state index < -0.39 is 0 Å². The number of likely N-dealkylation sites (tertiary alicyclic amines) is 1. The number of amides is 3. The Morgan fingerprint density at radius 2 is 1.70 bits per heavy atom. The fourth-order valence-electron chi connectivity index (χ4n) is 3.97. The maximum Gasteiger partial charge on any atom is 0.321 e. The van der Waals surface area contributed by atoms with Gasteiger partial charge in [-0.3, -0.25) is 10.1 Å². The molecule has 2 saturated heterocycles. The van der Waals surface area contributed by atoms with Crippen LogP contribution in [0.5, 0.6) is 0 Å². The van der Waals surface area contributed by atoms with Crippen LogP contribution in [0, 0.1) is 0 Å². The summed E-state index contributed by atoms with van der Waals surface area (Å²) in [7, 11) is 0. The van der Waals surface area contributed by atoms with Crippen LogP contribution in [0.4, 0.5) is 10.5 Å². The minimum absolute atomic E-state index is 0.0609. The molecule has 3 N–H and O–H groups in total. The molecule has 0 aromatic heterocycles. The standard InChI is InChI=1S/C23H28N4O2S/c28-21(24-14-11-18-7-3-1-4-8-18)20-17-30-23(26-20)12-15-27(16-13-23)22(29)25-19-9-5-2-6-10-19/h1-10,20,26H,11-17H2,(H,24,28)(H,25,29). The van der Waals surface area contributed by atoms with Crippen LogP contribution in [0.2, 0.25) is 0 Å². The van der Waals surface area contributed by atoms with Crippen molar-refractivity contribution in [3.8, 4) is 0 Å². The summed E-state index contributed by atoms with van der Waals surface area (Å²) in [6, 6.07) is 19.5. The molecule has 2 aliphatic rings. The summed E-state index contributed by atoms with van der Waals surface area (Å²) in [5.41, 5.74) is 2.03. The number of carbonyl (C=O) groups is 2. The normalized spacial score (nSPS) is 20.1. The molecule has 1 spiro atoms. The molecule has 0 bridgehead atoms. The summed E-state index contributed by atoms with van der Waals surface area (Å²) in [5, 5.41) is 9.57. The lowest BCUT2D eigenvalue weighted by Crippen LogP contribution is -2.55. The van der Waals surface area contributed by atoms with Gasteiger partial charge in [0.1, 0.15) is 0 Å². The second-order valence-electron chi connectivity index (χ2n) is 7.81. The third kappa shape index (κ3) is 5.15. The highest BCUT2D eigenvalue weighted by molar-refractivity contribution is 8.01. The highest BCUT2D eigenvalue weighted by atomic mass is 32.2. The first-order chi connectivity index (χ1) is 14.6. The second-order valence-corrected chi connectivity index (χ2v) is 9.22. The highest BCUT2D eigenvalue weighted by Crippen LogP contribution is 2.39. The molecule has 0 radical (unpaired) electrons. The Balaban J connectivity index is 1.21. The van der Waals surface area contributed by atoms with Crippen molar-refractivity contribution in [1.29, 1.82) is 0 Å². The second kappa shape index (κ2) is 9.53. The summed E-state index contributed by atoms with van der Waals surface area (Å²) in [6.45, 7) is 2.01.